The predicted octanol–water partition coefficient (Wildman–Crippen LogP) is 2.88. The molecule has 0 saturated carbocycles. The van der Waals surface area contributed by atoms with E-state index < -0.39 is 0 Å². The van der Waals surface area contributed by atoms with Crippen molar-refractivity contribution in [3.05, 3.63) is 23.9 Å². The summed E-state index contributed by atoms with van der Waals surface area (Å²) in [5.74, 6) is 1.04. The summed E-state index contributed by atoms with van der Waals surface area (Å²) in [5.41, 5.74) is 1.16. The van der Waals surface area contributed by atoms with Gasteiger partial charge in [-0.2, -0.15) is 0 Å². The molecule has 1 aromatic rings. The third-order valence-electron chi connectivity index (χ3n) is 3.12. The summed E-state index contributed by atoms with van der Waals surface area (Å²) < 4.78 is 0. The number of nitrogens with zero attached hydrogens (tertiary/aromatic N) is 2. The molecule has 0 unspecified atom stereocenters. The maximum atomic E-state index is 11.0. The van der Waals surface area contributed by atoms with Crippen LogP contribution in [0.3, 0.4) is 0 Å². The zero-order valence-electron chi connectivity index (χ0n) is 10.1. The number of rotatable bonds is 4. The Kier molecular flexibility index (Phi) is 4.42. The van der Waals surface area contributed by atoms with Crippen LogP contribution in [0.25, 0.3) is 0 Å². The minimum absolute atomic E-state index is 0.231. The Morgan fingerprint density at radius 2 is 2.41 bits per heavy atom. The maximum Gasteiger partial charge on any atom is 0.210 e. The van der Waals surface area contributed by atoms with Crippen LogP contribution in [0.4, 0.5) is 0 Å². The van der Waals surface area contributed by atoms with Gasteiger partial charge in [-0.3, -0.25) is 4.79 Å². The van der Waals surface area contributed by atoms with Crippen LogP contribution >= 0.6 is 11.8 Å². The molecule has 0 bridgehead atoms. The molecule has 1 saturated heterocycles. The standard InChI is InChI=1S/C13H18N2OS/c1-2-17-13-7-6-11(9-14-13)12-5-3-4-8-15(12)10-16/h6-7,9-10,12H,2-5,8H2,1H3/t12-/m0/s1. The number of hydrogen-bond donors (Lipinski definition) is 0. The molecule has 0 radical (unpaired) electrons. The van der Waals surface area contributed by atoms with E-state index in [-0.39, 0.29) is 6.04 Å². The predicted molar refractivity (Wildman–Crippen MR) is 70.0 cm³/mol. The summed E-state index contributed by atoms with van der Waals surface area (Å²) in [6.07, 6.45) is 6.26. The van der Waals surface area contributed by atoms with E-state index in [1.54, 1.807) is 11.8 Å². The van der Waals surface area contributed by atoms with Crippen LogP contribution in [-0.4, -0.2) is 28.6 Å². The lowest BCUT2D eigenvalue weighted by molar-refractivity contribution is -0.121. The normalized spacial score (nSPS) is 20.3. The van der Waals surface area contributed by atoms with Crippen molar-refractivity contribution in [1.82, 2.24) is 9.88 Å². The summed E-state index contributed by atoms with van der Waals surface area (Å²) in [6, 6.07) is 4.40. The Hall–Kier alpha value is -1.03. The van der Waals surface area contributed by atoms with Gasteiger partial charge in [-0.1, -0.05) is 13.0 Å². The molecule has 0 N–H and O–H groups in total. The van der Waals surface area contributed by atoms with Gasteiger partial charge in [0.1, 0.15) is 0 Å². The molecule has 1 aromatic heterocycles. The third kappa shape index (κ3) is 3.00. The summed E-state index contributed by atoms with van der Waals surface area (Å²) >= 11 is 1.74. The van der Waals surface area contributed by atoms with E-state index in [0.29, 0.717) is 0 Å². The highest BCUT2D eigenvalue weighted by Gasteiger charge is 2.22. The Bertz CT molecular complexity index is 366. The van der Waals surface area contributed by atoms with Gasteiger partial charge in [-0.05, 0) is 36.6 Å². The van der Waals surface area contributed by atoms with Gasteiger partial charge < -0.3 is 4.90 Å². The van der Waals surface area contributed by atoms with E-state index in [9.17, 15) is 4.79 Å². The smallest absolute Gasteiger partial charge is 0.210 e. The van der Waals surface area contributed by atoms with Crippen LogP contribution in [0.2, 0.25) is 0 Å². The van der Waals surface area contributed by atoms with Crippen molar-refractivity contribution in [2.45, 2.75) is 37.3 Å². The molecular formula is C13H18N2OS. The second-order valence-electron chi connectivity index (χ2n) is 4.22. The van der Waals surface area contributed by atoms with E-state index in [1.165, 1.54) is 6.42 Å². The largest absolute Gasteiger partial charge is 0.338 e. The van der Waals surface area contributed by atoms with Crippen LogP contribution < -0.4 is 0 Å². The van der Waals surface area contributed by atoms with Gasteiger partial charge in [0.15, 0.2) is 0 Å². The Balaban J connectivity index is 2.11. The second kappa shape index (κ2) is 6.05. The molecule has 4 heteroatoms. The Labute approximate surface area is 107 Å². The maximum absolute atomic E-state index is 11.0. The molecule has 1 fully saturated rings. The number of carbonyl (C=O) groups excluding carboxylic acids is 1. The van der Waals surface area contributed by atoms with Crippen molar-refractivity contribution in [2.24, 2.45) is 0 Å². The van der Waals surface area contributed by atoms with E-state index >= 15 is 0 Å². The first-order chi connectivity index (χ1) is 8.35. The van der Waals surface area contributed by atoms with Crippen molar-refractivity contribution in [1.29, 1.82) is 0 Å². The zero-order chi connectivity index (χ0) is 12.1. The molecule has 0 spiro atoms. The Morgan fingerprint density at radius 1 is 1.53 bits per heavy atom. The van der Waals surface area contributed by atoms with E-state index in [1.807, 2.05) is 11.1 Å². The van der Waals surface area contributed by atoms with E-state index in [0.717, 1.165) is 42.1 Å². The topological polar surface area (TPSA) is 33.2 Å². The van der Waals surface area contributed by atoms with Gasteiger partial charge >= 0.3 is 0 Å². The highest BCUT2D eigenvalue weighted by atomic mass is 32.2. The molecule has 17 heavy (non-hydrogen) atoms. The first-order valence-corrected chi connectivity index (χ1v) is 7.13. The second-order valence-corrected chi connectivity index (χ2v) is 5.50. The number of hydrogen-bond acceptors (Lipinski definition) is 3. The molecule has 1 atom stereocenters. The summed E-state index contributed by atoms with van der Waals surface area (Å²) in [6.45, 7) is 3.00. The number of thioether (sulfide) groups is 1. The van der Waals surface area contributed by atoms with Crippen LogP contribution in [0.1, 0.15) is 37.8 Å². The minimum Gasteiger partial charge on any atom is -0.338 e. The average Bonchev–Trinajstić information content (AvgIpc) is 2.40. The number of likely N-dealkylation sites (tertiary alicyclic amines) is 1. The van der Waals surface area contributed by atoms with Gasteiger partial charge in [-0.15, -0.1) is 11.8 Å². The zero-order valence-corrected chi connectivity index (χ0v) is 10.9. The molecule has 0 aromatic carbocycles. The quantitative estimate of drug-likeness (QED) is 0.608. The molecule has 1 aliphatic heterocycles. The highest BCUT2D eigenvalue weighted by molar-refractivity contribution is 7.99. The fraction of sp³-hybridized carbons (Fsp3) is 0.538. The summed E-state index contributed by atoms with van der Waals surface area (Å²) in [5, 5.41) is 1.06. The number of piperidine rings is 1. The van der Waals surface area contributed by atoms with Crippen LogP contribution in [0.15, 0.2) is 23.4 Å². The van der Waals surface area contributed by atoms with Crippen molar-refractivity contribution < 1.29 is 4.79 Å². The molecule has 2 rings (SSSR count). The summed E-state index contributed by atoms with van der Waals surface area (Å²) in [7, 11) is 0. The molecule has 1 amide bonds. The Morgan fingerprint density at radius 3 is 3.06 bits per heavy atom. The molecule has 2 heterocycles. The minimum atomic E-state index is 0.231. The first-order valence-electron chi connectivity index (χ1n) is 6.15. The monoisotopic (exact) mass is 250 g/mol. The van der Waals surface area contributed by atoms with Crippen LogP contribution in [0.5, 0.6) is 0 Å². The van der Waals surface area contributed by atoms with E-state index in [2.05, 4.69) is 24.0 Å². The highest BCUT2D eigenvalue weighted by Crippen LogP contribution is 2.29. The van der Waals surface area contributed by atoms with Crippen molar-refractivity contribution >= 4 is 18.2 Å². The van der Waals surface area contributed by atoms with Gasteiger partial charge in [-0.25, -0.2) is 4.98 Å². The van der Waals surface area contributed by atoms with Crippen molar-refractivity contribution in [2.75, 3.05) is 12.3 Å². The lowest BCUT2D eigenvalue weighted by Gasteiger charge is -2.32. The van der Waals surface area contributed by atoms with Crippen LogP contribution in [-0.2, 0) is 4.79 Å². The van der Waals surface area contributed by atoms with E-state index in [4.69, 9.17) is 0 Å². The van der Waals surface area contributed by atoms with Crippen LogP contribution in [0, 0.1) is 0 Å². The lowest BCUT2D eigenvalue weighted by atomic mass is 9.97. The molecule has 92 valence electrons. The molecule has 0 aliphatic carbocycles. The SMILES string of the molecule is CCSc1ccc([C@@H]2CCCCN2C=O)cn1. The fourth-order valence-electron chi connectivity index (χ4n) is 2.26. The lowest BCUT2D eigenvalue weighted by Crippen LogP contribution is -2.32. The van der Waals surface area contributed by atoms with Gasteiger partial charge in [0.25, 0.3) is 0 Å². The average molecular weight is 250 g/mol. The third-order valence-corrected chi connectivity index (χ3v) is 3.94. The number of carbonyl (C=O) groups is 1. The van der Waals surface area contributed by atoms with Crippen molar-refractivity contribution in [3.8, 4) is 0 Å². The van der Waals surface area contributed by atoms with Gasteiger partial charge in [0, 0.05) is 12.7 Å². The number of amides is 1. The molecule has 3 nitrogen and oxygen atoms in total. The first kappa shape index (κ1) is 12.4. The fourth-order valence-corrected chi connectivity index (χ4v) is 2.85. The number of aromatic nitrogens is 1. The summed E-state index contributed by atoms with van der Waals surface area (Å²) in [4.78, 5) is 17.3. The molecular weight excluding hydrogens is 232 g/mol. The van der Waals surface area contributed by atoms with Crippen molar-refractivity contribution in [3.63, 3.8) is 0 Å². The van der Waals surface area contributed by atoms with Gasteiger partial charge in [0.2, 0.25) is 6.41 Å². The molecule has 1 aliphatic rings. The number of pyridine rings is 1. The van der Waals surface area contributed by atoms with Gasteiger partial charge in [0.05, 0.1) is 11.1 Å².